The molecule has 1 amide bonds. The largest absolute Gasteiger partial charge is 0.490 e. The van der Waals surface area contributed by atoms with Gasteiger partial charge in [0.05, 0.1) is 19.2 Å². The van der Waals surface area contributed by atoms with E-state index in [1.165, 1.54) is 30.5 Å². The fraction of sp³-hybridized carbons (Fsp3) is 0.167. The Bertz CT molecular complexity index is 1050. The van der Waals surface area contributed by atoms with Crippen LogP contribution < -0.4 is 14.9 Å². The highest BCUT2D eigenvalue weighted by Gasteiger charge is 2.07. The Morgan fingerprint density at radius 3 is 2.48 bits per heavy atom. The van der Waals surface area contributed by atoms with Gasteiger partial charge in [0.15, 0.2) is 11.5 Å². The Kier molecular flexibility index (Phi) is 7.70. The van der Waals surface area contributed by atoms with Gasteiger partial charge in [-0.15, -0.1) is 0 Å². The molecule has 0 fully saturated rings. The maximum absolute atomic E-state index is 13.3. The van der Waals surface area contributed by atoms with Crippen LogP contribution in [-0.2, 0) is 17.8 Å². The first kappa shape index (κ1) is 22.0. The van der Waals surface area contributed by atoms with Crippen LogP contribution in [0.5, 0.6) is 11.5 Å². The molecule has 1 N–H and O–H groups in total. The van der Waals surface area contributed by atoms with Crippen molar-refractivity contribution in [1.82, 2.24) is 5.43 Å². The van der Waals surface area contributed by atoms with Gasteiger partial charge in [-0.3, -0.25) is 4.79 Å². The maximum atomic E-state index is 13.3. The minimum absolute atomic E-state index is 0.0919. The van der Waals surface area contributed by atoms with Gasteiger partial charge < -0.3 is 9.47 Å². The van der Waals surface area contributed by atoms with Crippen molar-refractivity contribution in [2.45, 2.75) is 20.0 Å². The first-order valence-electron chi connectivity index (χ1n) is 9.74. The molecule has 0 aromatic heterocycles. The minimum Gasteiger partial charge on any atom is -0.490 e. The Hall–Kier alpha value is -3.74. The van der Waals surface area contributed by atoms with Gasteiger partial charge in [-0.1, -0.05) is 24.3 Å². The highest BCUT2D eigenvalue weighted by molar-refractivity contribution is 5.84. The number of amides is 1. The molecule has 0 bridgehead atoms. The lowest BCUT2D eigenvalue weighted by Gasteiger charge is -2.12. The van der Waals surface area contributed by atoms with Gasteiger partial charge in [0.25, 0.3) is 0 Å². The van der Waals surface area contributed by atoms with Gasteiger partial charge in [0.2, 0.25) is 5.91 Å². The number of nitrogens with zero attached hydrogens (tertiary/aromatic N) is 1. The third kappa shape index (κ3) is 6.92. The maximum Gasteiger partial charge on any atom is 0.244 e. The van der Waals surface area contributed by atoms with E-state index >= 15 is 0 Å². The summed E-state index contributed by atoms with van der Waals surface area (Å²) in [6.07, 6.45) is 1.58. The van der Waals surface area contributed by atoms with Gasteiger partial charge in [-0.05, 0) is 66.1 Å². The number of hydrogen-bond acceptors (Lipinski definition) is 4. The van der Waals surface area contributed by atoms with Crippen LogP contribution in [-0.4, -0.2) is 18.7 Å². The van der Waals surface area contributed by atoms with Crippen molar-refractivity contribution in [3.63, 3.8) is 0 Å². The topological polar surface area (TPSA) is 59.9 Å². The molecule has 3 aromatic carbocycles. The average Bonchev–Trinajstić information content (AvgIpc) is 2.75. The van der Waals surface area contributed by atoms with E-state index in [0.717, 1.165) is 0 Å². The van der Waals surface area contributed by atoms with E-state index in [-0.39, 0.29) is 30.6 Å². The molecular weight excluding hydrogens is 402 g/mol. The van der Waals surface area contributed by atoms with Gasteiger partial charge in [-0.25, -0.2) is 14.2 Å². The highest BCUT2D eigenvalue weighted by atomic mass is 19.1. The number of rotatable bonds is 9. The van der Waals surface area contributed by atoms with Crippen molar-refractivity contribution in [2.24, 2.45) is 5.10 Å². The van der Waals surface area contributed by atoms with Crippen LogP contribution in [0, 0.1) is 11.6 Å². The lowest BCUT2D eigenvalue weighted by molar-refractivity contribution is -0.120. The van der Waals surface area contributed by atoms with Crippen molar-refractivity contribution >= 4 is 12.1 Å². The summed E-state index contributed by atoms with van der Waals surface area (Å²) in [7, 11) is 0. The second kappa shape index (κ2) is 10.9. The zero-order chi connectivity index (χ0) is 22.1. The molecule has 0 aliphatic carbocycles. The molecule has 0 spiro atoms. The molecule has 0 unspecified atom stereocenters. The number of carbonyl (C=O) groups excluding carboxylic acids is 1. The van der Waals surface area contributed by atoms with Crippen molar-refractivity contribution in [3.05, 3.63) is 95.1 Å². The third-order valence-electron chi connectivity index (χ3n) is 4.23. The Balaban J connectivity index is 1.60. The molecule has 0 aliphatic heterocycles. The molecule has 0 aliphatic rings. The van der Waals surface area contributed by atoms with E-state index in [4.69, 9.17) is 9.47 Å². The number of benzene rings is 3. The molecule has 0 atom stereocenters. The first-order chi connectivity index (χ1) is 15.0. The quantitative estimate of drug-likeness (QED) is 0.402. The molecule has 5 nitrogen and oxygen atoms in total. The number of hydrazone groups is 1. The fourth-order valence-corrected chi connectivity index (χ4v) is 2.79. The number of halogens is 2. The second-order valence-electron chi connectivity index (χ2n) is 6.65. The molecule has 0 saturated carbocycles. The molecule has 0 radical (unpaired) electrons. The predicted octanol–water partition coefficient (Wildman–Crippen LogP) is 4.64. The van der Waals surface area contributed by atoms with Crippen molar-refractivity contribution in [2.75, 3.05) is 6.61 Å². The first-order valence-corrected chi connectivity index (χ1v) is 9.74. The summed E-state index contributed by atoms with van der Waals surface area (Å²) >= 11 is 0. The lowest BCUT2D eigenvalue weighted by atomic mass is 10.1. The highest BCUT2D eigenvalue weighted by Crippen LogP contribution is 2.29. The molecule has 31 heavy (non-hydrogen) atoms. The number of ether oxygens (including phenoxy) is 2. The van der Waals surface area contributed by atoms with Gasteiger partial charge >= 0.3 is 0 Å². The number of carbonyl (C=O) groups is 1. The van der Waals surface area contributed by atoms with Crippen LogP contribution >= 0.6 is 0 Å². The van der Waals surface area contributed by atoms with E-state index in [1.54, 1.807) is 42.5 Å². The molecule has 7 heteroatoms. The van der Waals surface area contributed by atoms with Crippen LogP contribution in [0.3, 0.4) is 0 Å². The normalized spacial score (nSPS) is 10.8. The molecule has 160 valence electrons. The third-order valence-corrected chi connectivity index (χ3v) is 4.23. The van der Waals surface area contributed by atoms with Crippen LogP contribution in [0.25, 0.3) is 0 Å². The van der Waals surface area contributed by atoms with E-state index in [1.807, 2.05) is 6.92 Å². The van der Waals surface area contributed by atoms with Crippen molar-refractivity contribution in [1.29, 1.82) is 0 Å². The van der Waals surface area contributed by atoms with Crippen LogP contribution in [0.15, 0.2) is 71.8 Å². The summed E-state index contributed by atoms with van der Waals surface area (Å²) in [5, 5.41) is 3.95. The Labute approximate surface area is 179 Å². The van der Waals surface area contributed by atoms with Crippen LogP contribution in [0.1, 0.15) is 23.6 Å². The molecular formula is C24H22F2N2O3. The number of hydrogen-bond donors (Lipinski definition) is 1. The summed E-state index contributed by atoms with van der Waals surface area (Å²) < 4.78 is 37.6. The van der Waals surface area contributed by atoms with E-state index < -0.39 is 0 Å². The van der Waals surface area contributed by atoms with E-state index in [2.05, 4.69) is 10.5 Å². The summed E-state index contributed by atoms with van der Waals surface area (Å²) in [5.41, 5.74) is 4.53. The lowest BCUT2D eigenvalue weighted by Crippen LogP contribution is -2.19. The summed E-state index contributed by atoms with van der Waals surface area (Å²) in [5.74, 6) is 0.0434. The summed E-state index contributed by atoms with van der Waals surface area (Å²) in [6, 6.07) is 17.1. The monoisotopic (exact) mass is 424 g/mol. The number of nitrogens with one attached hydrogen (secondary N) is 1. The molecule has 0 heterocycles. The predicted molar refractivity (Wildman–Crippen MR) is 114 cm³/mol. The summed E-state index contributed by atoms with van der Waals surface area (Å²) in [6.45, 7) is 2.49. The van der Waals surface area contributed by atoms with Gasteiger partial charge in [0.1, 0.15) is 18.2 Å². The van der Waals surface area contributed by atoms with Crippen molar-refractivity contribution < 1.29 is 23.0 Å². The average molecular weight is 424 g/mol. The fourth-order valence-electron chi connectivity index (χ4n) is 2.79. The Morgan fingerprint density at radius 1 is 0.935 bits per heavy atom. The Morgan fingerprint density at radius 2 is 1.74 bits per heavy atom. The SMILES string of the molecule is CCOc1cc(/C=N/NC(=O)Cc2ccc(F)cc2)ccc1OCc1cccc(F)c1. The smallest absolute Gasteiger partial charge is 0.244 e. The van der Waals surface area contributed by atoms with Crippen LogP contribution in [0.2, 0.25) is 0 Å². The zero-order valence-corrected chi connectivity index (χ0v) is 17.0. The van der Waals surface area contributed by atoms with Crippen LogP contribution in [0.4, 0.5) is 8.78 Å². The summed E-state index contributed by atoms with van der Waals surface area (Å²) in [4.78, 5) is 12.0. The van der Waals surface area contributed by atoms with Gasteiger partial charge in [-0.2, -0.15) is 5.10 Å². The minimum atomic E-state index is -0.351. The molecule has 3 rings (SSSR count). The second-order valence-corrected chi connectivity index (χ2v) is 6.65. The standard InChI is InChI=1S/C24H22F2N2O3/c1-2-30-23-13-18(8-11-22(23)31-16-19-4-3-5-21(26)12-19)15-27-28-24(29)14-17-6-9-20(25)10-7-17/h3-13,15H,2,14,16H2,1H3,(H,28,29)/b27-15+. The molecule has 3 aromatic rings. The van der Waals surface area contributed by atoms with Gasteiger partial charge in [0, 0.05) is 0 Å². The van der Waals surface area contributed by atoms with Crippen molar-refractivity contribution in [3.8, 4) is 11.5 Å². The molecule has 0 saturated heterocycles. The van der Waals surface area contributed by atoms with E-state index in [9.17, 15) is 13.6 Å². The van der Waals surface area contributed by atoms with E-state index in [0.29, 0.717) is 34.8 Å². The zero-order valence-electron chi connectivity index (χ0n) is 17.0.